The Morgan fingerprint density at radius 1 is 1.63 bits per heavy atom. The Bertz CT molecular complexity index is 467. The molecule has 1 heterocycles. The van der Waals surface area contributed by atoms with E-state index in [2.05, 4.69) is 15.0 Å². The minimum absolute atomic E-state index is 0.105. The molecule has 1 saturated heterocycles. The van der Waals surface area contributed by atoms with Gasteiger partial charge in [-0.2, -0.15) is 0 Å². The van der Waals surface area contributed by atoms with Crippen LogP contribution in [0.25, 0.3) is 0 Å². The zero-order chi connectivity index (χ0) is 13.8. The first-order chi connectivity index (χ1) is 9.13. The third-order valence-corrected chi connectivity index (χ3v) is 3.53. The van der Waals surface area contributed by atoms with E-state index in [1.165, 1.54) is 7.11 Å². The predicted octanol–water partition coefficient (Wildman–Crippen LogP) is 1.73. The van der Waals surface area contributed by atoms with Crippen molar-refractivity contribution in [3.63, 3.8) is 0 Å². The van der Waals surface area contributed by atoms with Crippen molar-refractivity contribution in [3.8, 4) is 0 Å². The van der Waals surface area contributed by atoms with E-state index in [9.17, 15) is 4.79 Å². The lowest BCUT2D eigenvalue weighted by Gasteiger charge is -2.22. The molecule has 1 aromatic carbocycles. The van der Waals surface area contributed by atoms with Crippen molar-refractivity contribution < 1.29 is 9.53 Å². The number of nitrogens with one attached hydrogen (secondary N) is 1. The molecule has 1 amide bonds. The normalized spacial score (nSPS) is 18.5. The van der Waals surface area contributed by atoms with E-state index in [0.29, 0.717) is 11.6 Å². The number of rotatable bonds is 3. The molecule has 6 heteroatoms. The highest BCUT2D eigenvalue weighted by Gasteiger charge is 2.25. The Kier molecular flexibility index (Phi) is 4.50. The van der Waals surface area contributed by atoms with Crippen LogP contribution in [0.3, 0.4) is 0 Å². The van der Waals surface area contributed by atoms with Crippen LogP contribution in [0.2, 0.25) is 5.02 Å². The van der Waals surface area contributed by atoms with Gasteiger partial charge in [-0.05, 0) is 30.2 Å². The molecule has 3 N–H and O–H groups in total. The first kappa shape index (κ1) is 14.0. The summed E-state index contributed by atoms with van der Waals surface area (Å²) >= 11 is 5.97. The third kappa shape index (κ3) is 3.30. The monoisotopic (exact) mass is 283 g/mol. The molecule has 1 atom stereocenters. The number of nitrogens with zero attached hydrogens (tertiary/aromatic N) is 1. The molecule has 5 nitrogen and oxygen atoms in total. The Hall–Kier alpha value is -1.46. The van der Waals surface area contributed by atoms with Crippen LogP contribution >= 0.6 is 11.6 Å². The molecule has 0 spiro atoms. The SMILES string of the molecule is COC(=O)NC1CCN(c2ccc(Cl)cc2CN)C1. The summed E-state index contributed by atoms with van der Waals surface area (Å²) in [7, 11) is 1.37. The molecule has 2 rings (SSSR count). The second-order valence-electron chi connectivity index (χ2n) is 4.54. The summed E-state index contributed by atoms with van der Waals surface area (Å²) in [5.74, 6) is 0. The first-order valence-corrected chi connectivity index (χ1v) is 6.59. The number of carbonyl (C=O) groups is 1. The van der Waals surface area contributed by atoms with Crippen LogP contribution in [0, 0.1) is 0 Å². The number of alkyl carbamates (subject to hydrolysis) is 1. The number of ether oxygens (including phenoxy) is 1. The fourth-order valence-electron chi connectivity index (χ4n) is 2.35. The number of hydrogen-bond donors (Lipinski definition) is 2. The second kappa shape index (κ2) is 6.12. The van der Waals surface area contributed by atoms with Crippen molar-refractivity contribution in [1.82, 2.24) is 5.32 Å². The average Bonchev–Trinajstić information content (AvgIpc) is 2.86. The van der Waals surface area contributed by atoms with E-state index in [1.54, 1.807) is 0 Å². The lowest BCUT2D eigenvalue weighted by molar-refractivity contribution is 0.167. The minimum atomic E-state index is -0.387. The van der Waals surface area contributed by atoms with Gasteiger partial charge in [0.05, 0.1) is 13.2 Å². The number of benzene rings is 1. The molecule has 0 bridgehead atoms. The second-order valence-corrected chi connectivity index (χ2v) is 4.98. The van der Waals surface area contributed by atoms with E-state index in [0.717, 1.165) is 30.8 Å². The summed E-state index contributed by atoms with van der Waals surface area (Å²) < 4.78 is 4.61. The fourth-order valence-corrected chi connectivity index (χ4v) is 2.54. The van der Waals surface area contributed by atoms with Crippen LogP contribution < -0.4 is 16.0 Å². The maximum atomic E-state index is 11.2. The maximum absolute atomic E-state index is 11.2. The van der Waals surface area contributed by atoms with E-state index in [-0.39, 0.29) is 12.1 Å². The molecule has 0 saturated carbocycles. The molecule has 1 fully saturated rings. The zero-order valence-corrected chi connectivity index (χ0v) is 11.6. The van der Waals surface area contributed by atoms with E-state index in [4.69, 9.17) is 17.3 Å². The summed E-state index contributed by atoms with van der Waals surface area (Å²) in [4.78, 5) is 13.4. The van der Waals surface area contributed by atoms with E-state index >= 15 is 0 Å². The summed E-state index contributed by atoms with van der Waals surface area (Å²) in [6.45, 7) is 2.08. The van der Waals surface area contributed by atoms with Gasteiger partial charge >= 0.3 is 6.09 Å². The topological polar surface area (TPSA) is 67.6 Å². The Balaban J connectivity index is 2.06. The van der Waals surface area contributed by atoms with Crippen LogP contribution in [0.5, 0.6) is 0 Å². The summed E-state index contributed by atoms with van der Waals surface area (Å²) in [6, 6.07) is 5.83. The molecule has 1 unspecified atom stereocenters. The molecule has 19 heavy (non-hydrogen) atoms. The standard InChI is InChI=1S/C13H18ClN3O2/c1-19-13(18)16-11-4-5-17(8-11)12-3-2-10(14)6-9(12)7-15/h2-3,6,11H,4-5,7-8,15H2,1H3,(H,16,18). The molecule has 1 aromatic rings. The smallest absolute Gasteiger partial charge is 0.407 e. The largest absolute Gasteiger partial charge is 0.453 e. The fraction of sp³-hybridized carbons (Fsp3) is 0.462. The van der Waals surface area contributed by atoms with Crippen molar-refractivity contribution in [2.24, 2.45) is 5.73 Å². The van der Waals surface area contributed by atoms with Crippen LogP contribution in [0.4, 0.5) is 10.5 Å². The van der Waals surface area contributed by atoms with Gasteiger partial charge in [-0.1, -0.05) is 11.6 Å². The van der Waals surface area contributed by atoms with Crippen molar-refractivity contribution in [2.45, 2.75) is 19.0 Å². The molecule has 1 aliphatic heterocycles. The van der Waals surface area contributed by atoms with Crippen molar-refractivity contribution in [3.05, 3.63) is 28.8 Å². The minimum Gasteiger partial charge on any atom is -0.453 e. The molecule has 104 valence electrons. The van der Waals surface area contributed by atoms with E-state index in [1.807, 2.05) is 18.2 Å². The first-order valence-electron chi connectivity index (χ1n) is 6.22. The highest BCUT2D eigenvalue weighted by Crippen LogP contribution is 2.27. The number of hydrogen-bond acceptors (Lipinski definition) is 4. The lowest BCUT2D eigenvalue weighted by atomic mass is 10.1. The maximum Gasteiger partial charge on any atom is 0.407 e. The zero-order valence-electron chi connectivity index (χ0n) is 10.9. The predicted molar refractivity (Wildman–Crippen MR) is 75.5 cm³/mol. The highest BCUT2D eigenvalue weighted by molar-refractivity contribution is 6.30. The van der Waals surface area contributed by atoms with Gasteiger partial charge in [-0.3, -0.25) is 0 Å². The summed E-state index contributed by atoms with van der Waals surface area (Å²) in [5.41, 5.74) is 7.85. The van der Waals surface area contributed by atoms with Gasteiger partial charge in [0.25, 0.3) is 0 Å². The third-order valence-electron chi connectivity index (χ3n) is 3.30. The van der Waals surface area contributed by atoms with Crippen LogP contribution in [0.15, 0.2) is 18.2 Å². The van der Waals surface area contributed by atoms with Gasteiger partial charge in [-0.15, -0.1) is 0 Å². The van der Waals surface area contributed by atoms with Crippen LogP contribution in [-0.2, 0) is 11.3 Å². The number of anilines is 1. The average molecular weight is 284 g/mol. The van der Waals surface area contributed by atoms with Gasteiger partial charge in [0.15, 0.2) is 0 Å². The van der Waals surface area contributed by atoms with E-state index < -0.39 is 0 Å². The van der Waals surface area contributed by atoms with Gasteiger partial charge in [0, 0.05) is 30.3 Å². The molecule has 0 radical (unpaired) electrons. The number of methoxy groups -OCH3 is 1. The van der Waals surface area contributed by atoms with Gasteiger partial charge < -0.3 is 20.7 Å². The van der Waals surface area contributed by atoms with Gasteiger partial charge in [0.2, 0.25) is 0 Å². The number of halogens is 1. The highest BCUT2D eigenvalue weighted by atomic mass is 35.5. The van der Waals surface area contributed by atoms with Crippen LogP contribution in [0.1, 0.15) is 12.0 Å². The lowest BCUT2D eigenvalue weighted by Crippen LogP contribution is -2.37. The van der Waals surface area contributed by atoms with Gasteiger partial charge in [-0.25, -0.2) is 4.79 Å². The molecular weight excluding hydrogens is 266 g/mol. The van der Waals surface area contributed by atoms with Gasteiger partial charge in [0.1, 0.15) is 0 Å². The molecule has 0 aromatic heterocycles. The Labute approximate surface area is 117 Å². The Morgan fingerprint density at radius 3 is 3.11 bits per heavy atom. The molecular formula is C13H18ClN3O2. The number of nitrogens with two attached hydrogens (primary N) is 1. The molecule has 0 aliphatic carbocycles. The van der Waals surface area contributed by atoms with Crippen molar-refractivity contribution >= 4 is 23.4 Å². The van der Waals surface area contributed by atoms with Crippen molar-refractivity contribution in [2.75, 3.05) is 25.1 Å². The van der Waals surface area contributed by atoms with Crippen molar-refractivity contribution in [1.29, 1.82) is 0 Å². The van der Waals surface area contributed by atoms with Crippen LogP contribution in [-0.4, -0.2) is 32.3 Å². The summed E-state index contributed by atoms with van der Waals surface area (Å²) in [5, 5.41) is 3.50. The quantitative estimate of drug-likeness (QED) is 0.887. The summed E-state index contributed by atoms with van der Waals surface area (Å²) in [6.07, 6.45) is 0.504. The number of carbonyl (C=O) groups excluding carboxylic acids is 1. The molecule has 1 aliphatic rings. The number of amides is 1. The Morgan fingerprint density at radius 2 is 2.42 bits per heavy atom.